The van der Waals surface area contributed by atoms with Gasteiger partial charge in [0.05, 0.1) is 55.8 Å². The van der Waals surface area contributed by atoms with E-state index in [-0.39, 0.29) is 50.4 Å². The molecule has 11 N–H and O–H groups in total. The van der Waals surface area contributed by atoms with Crippen molar-refractivity contribution in [1.82, 2.24) is 36.8 Å². The molecule has 0 spiro atoms. The number of likely N-dealkylation sites (N-methyl/N-ethyl adjacent to an activating group) is 1. The van der Waals surface area contributed by atoms with Gasteiger partial charge in [0.1, 0.15) is 58.2 Å². The summed E-state index contributed by atoms with van der Waals surface area (Å²) in [7, 11) is 1.30. The molecule has 2 fully saturated rings. The largest absolute Gasteiger partial charge is 0.491 e. The molecule has 0 aromatic rings. The first-order valence-electron chi connectivity index (χ1n) is 25.4. The SMILES string of the molecule is C=C(C)OC(=O)N[C@@H]1CC=C(CNCC(O)CCNC(=O)OC(C)(C)C)OC1[C@H]1[C@H](O)[C@@H](O[C@H]2OC[C@](C)(O)[C@H](N(C)C(=O)OC(C)(C)C)[C@H]2O)[C@H](NC(=O)[C@@H](O)CNC(=O)OC(C)(C)C)C[C@@H]1NC(=O)OC(C)(C)C. The molecule has 0 radical (unpaired) electrons. The Kier molecular flexibility index (Phi) is 23.0. The lowest BCUT2D eigenvalue weighted by Gasteiger charge is -2.52. The first-order chi connectivity index (χ1) is 34.8. The normalized spacial score (nSPS) is 27.9. The zero-order chi connectivity index (χ0) is 57.9. The quantitative estimate of drug-likeness (QED) is 0.0689. The van der Waals surface area contributed by atoms with Gasteiger partial charge in [-0.3, -0.25) is 4.79 Å². The summed E-state index contributed by atoms with van der Waals surface area (Å²) >= 11 is 0. The third-order valence-electron chi connectivity index (χ3n) is 11.5. The van der Waals surface area contributed by atoms with Crippen LogP contribution in [0.2, 0.25) is 0 Å². The molecule has 3 aliphatic rings. The number of nitrogens with zero attached hydrogens (tertiary/aromatic N) is 1. The zero-order valence-electron chi connectivity index (χ0n) is 46.8. The van der Waals surface area contributed by atoms with Crippen LogP contribution in [-0.2, 0) is 42.7 Å². The van der Waals surface area contributed by atoms with Gasteiger partial charge >= 0.3 is 30.5 Å². The highest BCUT2D eigenvalue weighted by Crippen LogP contribution is 2.39. The fourth-order valence-electron chi connectivity index (χ4n) is 8.56. The molecule has 0 bridgehead atoms. The molecule has 2 aliphatic heterocycles. The van der Waals surface area contributed by atoms with Gasteiger partial charge in [-0.05, 0) is 122 Å². The molecule has 6 amide bonds. The van der Waals surface area contributed by atoms with E-state index in [0.29, 0.717) is 0 Å². The van der Waals surface area contributed by atoms with Gasteiger partial charge < -0.3 is 100 Å². The molecule has 1 saturated heterocycles. The highest BCUT2D eigenvalue weighted by atomic mass is 16.7. The summed E-state index contributed by atoms with van der Waals surface area (Å²) in [4.78, 5) is 79.9. The van der Waals surface area contributed by atoms with Crippen LogP contribution in [0.15, 0.2) is 24.2 Å². The molecular formula is C50H87N7O19. The van der Waals surface area contributed by atoms with E-state index in [1.807, 2.05) is 0 Å². The third kappa shape index (κ3) is 21.7. The average Bonchev–Trinajstić information content (AvgIpc) is 3.22. The summed E-state index contributed by atoms with van der Waals surface area (Å²) in [6.07, 6.45) is -14.2. The molecule has 2 heterocycles. The molecule has 1 aliphatic carbocycles. The van der Waals surface area contributed by atoms with Gasteiger partial charge in [0.25, 0.3) is 5.91 Å². The first kappa shape index (κ1) is 65.1. The number of hydrogen-bond donors (Lipinski definition) is 11. The number of aliphatic hydroxyl groups is 5. The lowest BCUT2D eigenvalue weighted by Crippen LogP contribution is -2.71. The predicted octanol–water partition coefficient (Wildman–Crippen LogP) is 1.89. The highest BCUT2D eigenvalue weighted by molar-refractivity contribution is 5.82. The summed E-state index contributed by atoms with van der Waals surface area (Å²) in [6.45, 7) is 25.1. The van der Waals surface area contributed by atoms with E-state index < -0.39 is 151 Å². The lowest BCUT2D eigenvalue weighted by atomic mass is 9.72. The molecule has 76 heavy (non-hydrogen) atoms. The van der Waals surface area contributed by atoms with E-state index in [2.05, 4.69) is 38.5 Å². The van der Waals surface area contributed by atoms with E-state index >= 15 is 0 Å². The van der Waals surface area contributed by atoms with Crippen LogP contribution >= 0.6 is 0 Å². The predicted molar refractivity (Wildman–Crippen MR) is 272 cm³/mol. The highest BCUT2D eigenvalue weighted by Gasteiger charge is 2.56. The van der Waals surface area contributed by atoms with Crippen molar-refractivity contribution in [2.75, 3.05) is 39.8 Å². The Hall–Kier alpha value is -5.22. The number of hydrogen-bond acceptors (Lipinski definition) is 20. The molecule has 3 rings (SSSR count). The maximum atomic E-state index is 13.9. The standard InChI is InChI=1S/C50H87N7O19/c1-26(2)70-43(65)55-29-18-17-28(23-51-22-27(58)19-20-52-41(63)73-46(3,4)5)71-36(29)33-30(56-44(66)75-48(9,10)11)21-31(54-39(62)32(59)24-53-42(64)74-47(6,7)8)37(34(33)60)72-40-35(61)38(50(15,68)25-69-40)57(16)45(67)76-49(12,13)14/h17,27,29-38,40,51,58-61,68H,1,18-25H2,2-16H3,(H,52,63)(H,53,64)(H,54,62)(H,55,65)(H,56,66)/t27?,29-,30+,31-,32+,33-,34+,35-,36?,37+,38-,40-,50+/m1/s1. The Labute approximate surface area is 445 Å². The van der Waals surface area contributed by atoms with Crippen molar-refractivity contribution in [3.63, 3.8) is 0 Å². The van der Waals surface area contributed by atoms with E-state index in [4.69, 9.17) is 37.9 Å². The van der Waals surface area contributed by atoms with E-state index in [1.165, 1.54) is 20.9 Å². The van der Waals surface area contributed by atoms with Crippen LogP contribution in [0.25, 0.3) is 0 Å². The molecule has 0 aromatic heterocycles. The fraction of sp³-hybridized carbons (Fsp3) is 0.800. The van der Waals surface area contributed by atoms with Gasteiger partial charge in [0.15, 0.2) is 6.29 Å². The van der Waals surface area contributed by atoms with Crippen molar-refractivity contribution in [2.24, 2.45) is 5.92 Å². The Morgan fingerprint density at radius 1 is 0.776 bits per heavy atom. The summed E-state index contributed by atoms with van der Waals surface area (Å²) in [6, 6.07) is -5.13. The third-order valence-corrected chi connectivity index (χ3v) is 11.5. The molecule has 2 unspecified atom stereocenters. The summed E-state index contributed by atoms with van der Waals surface area (Å²) in [5.41, 5.74) is -5.54. The molecule has 436 valence electrons. The second-order valence-electron chi connectivity index (χ2n) is 23.6. The van der Waals surface area contributed by atoms with Gasteiger partial charge in [-0.2, -0.15) is 0 Å². The number of alkyl carbamates (subject to hydrolysis) is 4. The Morgan fingerprint density at radius 3 is 1.89 bits per heavy atom. The number of allylic oxidation sites excluding steroid dienone is 1. The summed E-state index contributed by atoms with van der Waals surface area (Å²) in [5, 5.41) is 74.4. The molecule has 1 saturated carbocycles. The molecule has 26 nitrogen and oxygen atoms in total. The van der Waals surface area contributed by atoms with Gasteiger partial charge in [-0.15, -0.1) is 0 Å². The number of amides is 6. The topological polar surface area (TPSA) is 353 Å². The minimum atomic E-state index is -1.92. The minimum Gasteiger partial charge on any atom is -0.491 e. The molecule has 26 heteroatoms. The Bertz CT molecular complexity index is 2030. The van der Waals surface area contributed by atoms with Gasteiger partial charge in [-0.25, -0.2) is 24.0 Å². The van der Waals surface area contributed by atoms with Crippen LogP contribution in [0.3, 0.4) is 0 Å². The van der Waals surface area contributed by atoms with Crippen molar-refractivity contribution < 1.29 is 92.2 Å². The lowest BCUT2D eigenvalue weighted by molar-refractivity contribution is -0.305. The second kappa shape index (κ2) is 26.9. The number of carbonyl (C=O) groups excluding carboxylic acids is 6. The van der Waals surface area contributed by atoms with E-state index in [1.54, 1.807) is 89.2 Å². The second-order valence-corrected chi connectivity index (χ2v) is 23.6. The van der Waals surface area contributed by atoms with Crippen LogP contribution in [0.4, 0.5) is 24.0 Å². The van der Waals surface area contributed by atoms with Crippen molar-refractivity contribution in [3.8, 4) is 0 Å². The zero-order valence-corrected chi connectivity index (χ0v) is 46.8. The van der Waals surface area contributed by atoms with Crippen LogP contribution in [0, 0.1) is 5.92 Å². The number of rotatable bonds is 18. The Morgan fingerprint density at radius 2 is 1.33 bits per heavy atom. The molecular weight excluding hydrogens is 1000 g/mol. The number of carbonyl (C=O) groups is 6. The van der Waals surface area contributed by atoms with Crippen molar-refractivity contribution in [1.29, 1.82) is 0 Å². The van der Waals surface area contributed by atoms with Crippen molar-refractivity contribution in [3.05, 3.63) is 24.2 Å². The number of nitrogens with one attached hydrogen (secondary N) is 6. The maximum absolute atomic E-state index is 13.9. The van der Waals surface area contributed by atoms with Crippen LogP contribution in [0.1, 0.15) is 116 Å². The van der Waals surface area contributed by atoms with Crippen molar-refractivity contribution in [2.45, 2.75) is 211 Å². The summed E-state index contributed by atoms with van der Waals surface area (Å²) in [5.74, 6) is -2.10. The van der Waals surface area contributed by atoms with Crippen LogP contribution < -0.4 is 31.9 Å². The van der Waals surface area contributed by atoms with Gasteiger partial charge in [0.2, 0.25) is 0 Å². The summed E-state index contributed by atoms with van der Waals surface area (Å²) < 4.78 is 45.8. The van der Waals surface area contributed by atoms with Crippen LogP contribution in [0.5, 0.6) is 0 Å². The fourth-order valence-corrected chi connectivity index (χ4v) is 8.56. The molecule has 0 aromatic carbocycles. The van der Waals surface area contributed by atoms with E-state index in [0.717, 1.165) is 4.90 Å². The van der Waals surface area contributed by atoms with Gasteiger partial charge in [0, 0.05) is 32.1 Å². The number of ether oxygens (including phenoxy) is 8. The molecule has 13 atom stereocenters. The first-order valence-corrected chi connectivity index (χ1v) is 25.4. The van der Waals surface area contributed by atoms with Crippen molar-refractivity contribution >= 4 is 36.4 Å². The number of aliphatic hydroxyl groups excluding tert-OH is 4. The Balaban J connectivity index is 2.12. The monoisotopic (exact) mass is 1090 g/mol. The maximum Gasteiger partial charge on any atom is 0.412 e. The minimum absolute atomic E-state index is 0.00855. The average molecular weight is 1090 g/mol. The van der Waals surface area contributed by atoms with Gasteiger partial charge in [-0.1, -0.05) is 6.58 Å². The van der Waals surface area contributed by atoms with Crippen LogP contribution in [-0.4, -0.2) is 202 Å². The smallest absolute Gasteiger partial charge is 0.412 e. The van der Waals surface area contributed by atoms with E-state index in [9.17, 15) is 54.3 Å².